The second kappa shape index (κ2) is 12.5. The van der Waals surface area contributed by atoms with Crippen LogP contribution in [0.25, 0.3) is 0 Å². The average Bonchev–Trinajstić information content (AvgIpc) is 2.93. The van der Waals surface area contributed by atoms with E-state index in [2.05, 4.69) is 10.3 Å². The van der Waals surface area contributed by atoms with Gasteiger partial charge in [-0.1, -0.05) is 17.8 Å². The lowest BCUT2D eigenvalue weighted by Gasteiger charge is -2.32. The van der Waals surface area contributed by atoms with Crippen molar-refractivity contribution in [3.63, 3.8) is 0 Å². The molecule has 0 unspecified atom stereocenters. The lowest BCUT2D eigenvalue weighted by molar-refractivity contribution is -0.129. The van der Waals surface area contributed by atoms with E-state index in [9.17, 15) is 14.0 Å². The standard InChI is InChI=1S/C28H28FN3O5S/c1-35-22-11-9-20(10-12-22)30-27(34)25-17-26(33)32(28(38-25)31-21-7-5-19(29)6-8-21)15-14-18-4-13-23(36-2)24(16-18)37-3/h4-13,16,25H,14-15,17H2,1-3H3,(H,30,34)/t25-/m1/s1. The van der Waals surface area contributed by atoms with Crippen molar-refractivity contribution in [3.05, 3.63) is 78.1 Å². The lowest BCUT2D eigenvalue weighted by atomic mass is 10.1. The largest absolute Gasteiger partial charge is 0.497 e. The van der Waals surface area contributed by atoms with Gasteiger partial charge in [0.05, 0.1) is 27.0 Å². The zero-order chi connectivity index (χ0) is 27.1. The number of amidine groups is 1. The molecule has 1 saturated heterocycles. The molecule has 0 bridgehead atoms. The fourth-order valence-corrected chi connectivity index (χ4v) is 4.99. The van der Waals surface area contributed by atoms with E-state index in [1.807, 2.05) is 18.2 Å². The molecule has 1 N–H and O–H groups in total. The molecule has 0 aliphatic carbocycles. The first kappa shape index (κ1) is 27.0. The van der Waals surface area contributed by atoms with Crippen LogP contribution in [0.1, 0.15) is 12.0 Å². The third-order valence-corrected chi connectivity index (χ3v) is 7.10. The summed E-state index contributed by atoms with van der Waals surface area (Å²) in [5.41, 5.74) is 2.02. The van der Waals surface area contributed by atoms with Gasteiger partial charge in [0.15, 0.2) is 16.7 Å². The van der Waals surface area contributed by atoms with E-state index in [0.29, 0.717) is 46.8 Å². The van der Waals surface area contributed by atoms with Crippen molar-refractivity contribution in [3.8, 4) is 17.2 Å². The maximum atomic E-state index is 13.5. The van der Waals surface area contributed by atoms with Crippen LogP contribution in [-0.4, -0.2) is 55.0 Å². The number of nitrogens with zero attached hydrogens (tertiary/aromatic N) is 2. The van der Waals surface area contributed by atoms with Crippen LogP contribution in [0.3, 0.4) is 0 Å². The first-order valence-electron chi connectivity index (χ1n) is 11.9. The zero-order valence-corrected chi connectivity index (χ0v) is 22.1. The smallest absolute Gasteiger partial charge is 0.238 e. The molecule has 0 spiro atoms. The van der Waals surface area contributed by atoms with E-state index in [0.717, 1.165) is 5.56 Å². The van der Waals surface area contributed by atoms with Gasteiger partial charge in [0, 0.05) is 18.7 Å². The number of methoxy groups -OCH3 is 3. The Morgan fingerprint density at radius 2 is 1.71 bits per heavy atom. The summed E-state index contributed by atoms with van der Waals surface area (Å²) in [4.78, 5) is 32.5. The summed E-state index contributed by atoms with van der Waals surface area (Å²) in [6.07, 6.45) is 0.541. The van der Waals surface area contributed by atoms with Crippen molar-refractivity contribution < 1.29 is 28.2 Å². The van der Waals surface area contributed by atoms with Crippen LogP contribution in [0.2, 0.25) is 0 Å². The average molecular weight is 538 g/mol. The highest BCUT2D eigenvalue weighted by Crippen LogP contribution is 2.32. The van der Waals surface area contributed by atoms with Crippen molar-refractivity contribution in [2.75, 3.05) is 33.2 Å². The summed E-state index contributed by atoms with van der Waals surface area (Å²) in [6.45, 7) is 0.341. The van der Waals surface area contributed by atoms with Crippen molar-refractivity contribution >= 4 is 40.1 Å². The molecule has 1 heterocycles. The molecule has 1 atom stereocenters. The summed E-state index contributed by atoms with van der Waals surface area (Å²) >= 11 is 1.21. The molecule has 3 aromatic rings. The molecular weight excluding hydrogens is 509 g/mol. The highest BCUT2D eigenvalue weighted by atomic mass is 32.2. The number of carbonyl (C=O) groups is 2. The Bertz CT molecular complexity index is 1320. The van der Waals surface area contributed by atoms with Gasteiger partial charge in [0.1, 0.15) is 16.8 Å². The Labute approximate surface area is 224 Å². The molecule has 10 heteroatoms. The van der Waals surface area contributed by atoms with E-state index in [-0.39, 0.29) is 24.1 Å². The molecule has 1 aliphatic heterocycles. The van der Waals surface area contributed by atoms with E-state index in [1.54, 1.807) is 50.5 Å². The quantitative estimate of drug-likeness (QED) is 0.411. The van der Waals surface area contributed by atoms with E-state index in [1.165, 1.54) is 36.0 Å². The zero-order valence-electron chi connectivity index (χ0n) is 21.3. The van der Waals surface area contributed by atoms with Crippen molar-refractivity contribution in [2.45, 2.75) is 18.1 Å². The highest BCUT2D eigenvalue weighted by molar-refractivity contribution is 8.15. The van der Waals surface area contributed by atoms with Crippen LogP contribution in [0.15, 0.2) is 71.7 Å². The summed E-state index contributed by atoms with van der Waals surface area (Å²) in [7, 11) is 4.70. The van der Waals surface area contributed by atoms with Crippen molar-refractivity contribution in [1.29, 1.82) is 0 Å². The van der Waals surface area contributed by atoms with Crippen LogP contribution in [0, 0.1) is 5.82 Å². The van der Waals surface area contributed by atoms with Crippen molar-refractivity contribution in [2.24, 2.45) is 4.99 Å². The highest BCUT2D eigenvalue weighted by Gasteiger charge is 2.36. The van der Waals surface area contributed by atoms with Crippen LogP contribution in [0.4, 0.5) is 15.8 Å². The van der Waals surface area contributed by atoms with Crippen molar-refractivity contribution in [1.82, 2.24) is 4.90 Å². The fourth-order valence-electron chi connectivity index (χ4n) is 3.86. The number of rotatable bonds is 9. The molecule has 198 valence electrons. The fraction of sp³-hybridized carbons (Fsp3) is 0.250. The number of benzene rings is 3. The number of nitrogens with one attached hydrogen (secondary N) is 1. The third kappa shape index (κ3) is 6.63. The normalized spacial score (nSPS) is 16.3. The molecule has 1 fully saturated rings. The Morgan fingerprint density at radius 3 is 2.37 bits per heavy atom. The number of ether oxygens (including phenoxy) is 3. The summed E-state index contributed by atoms with van der Waals surface area (Å²) in [6, 6.07) is 18.2. The SMILES string of the molecule is COc1ccc(NC(=O)[C@H]2CC(=O)N(CCc3ccc(OC)c(OC)c3)C(=Nc3ccc(F)cc3)S2)cc1. The number of thioether (sulfide) groups is 1. The number of hydrogen-bond acceptors (Lipinski definition) is 7. The van der Waals surface area contributed by atoms with Crippen LogP contribution >= 0.6 is 11.8 Å². The second-order valence-corrected chi connectivity index (χ2v) is 9.55. The van der Waals surface area contributed by atoms with Gasteiger partial charge in [-0.15, -0.1) is 0 Å². The molecule has 0 saturated carbocycles. The van der Waals surface area contributed by atoms with Gasteiger partial charge in [-0.3, -0.25) is 14.5 Å². The predicted molar refractivity (Wildman–Crippen MR) is 146 cm³/mol. The minimum absolute atomic E-state index is 0.0149. The van der Waals surface area contributed by atoms with Gasteiger partial charge in [0.2, 0.25) is 11.8 Å². The molecule has 2 amide bonds. The minimum atomic E-state index is -0.680. The van der Waals surface area contributed by atoms with Crippen LogP contribution in [-0.2, 0) is 16.0 Å². The van der Waals surface area contributed by atoms with Crippen LogP contribution < -0.4 is 19.5 Å². The molecule has 8 nitrogen and oxygen atoms in total. The van der Waals surface area contributed by atoms with Gasteiger partial charge < -0.3 is 19.5 Å². The first-order valence-corrected chi connectivity index (χ1v) is 12.7. The number of anilines is 1. The van der Waals surface area contributed by atoms with Gasteiger partial charge in [-0.05, 0) is 72.6 Å². The van der Waals surface area contributed by atoms with Gasteiger partial charge in [0.25, 0.3) is 0 Å². The molecule has 38 heavy (non-hydrogen) atoms. The van der Waals surface area contributed by atoms with Crippen LogP contribution in [0.5, 0.6) is 17.2 Å². The third-order valence-electron chi connectivity index (χ3n) is 5.91. The predicted octanol–water partition coefficient (Wildman–Crippen LogP) is 5.05. The number of amides is 2. The summed E-state index contributed by atoms with van der Waals surface area (Å²) in [5.74, 6) is 0.970. The monoisotopic (exact) mass is 537 g/mol. The Hall–Kier alpha value is -4.05. The molecule has 0 radical (unpaired) electrons. The maximum absolute atomic E-state index is 13.5. The first-order chi connectivity index (χ1) is 18.4. The van der Waals surface area contributed by atoms with Gasteiger partial charge in [-0.2, -0.15) is 0 Å². The summed E-state index contributed by atoms with van der Waals surface area (Å²) < 4.78 is 29.3. The maximum Gasteiger partial charge on any atom is 0.238 e. The topological polar surface area (TPSA) is 89.5 Å². The molecule has 3 aromatic carbocycles. The van der Waals surface area contributed by atoms with E-state index >= 15 is 0 Å². The number of halogens is 1. The summed E-state index contributed by atoms with van der Waals surface area (Å²) in [5, 5.41) is 2.55. The Kier molecular flexibility index (Phi) is 8.85. The van der Waals surface area contributed by atoms with E-state index in [4.69, 9.17) is 14.2 Å². The Balaban J connectivity index is 1.54. The number of carbonyl (C=O) groups excluding carboxylic acids is 2. The lowest BCUT2D eigenvalue weighted by Crippen LogP contribution is -2.46. The molecule has 4 rings (SSSR count). The van der Waals surface area contributed by atoms with Gasteiger partial charge >= 0.3 is 0 Å². The van der Waals surface area contributed by atoms with Gasteiger partial charge in [-0.25, -0.2) is 9.38 Å². The number of aliphatic imine (C=N–C) groups is 1. The molecule has 1 aliphatic rings. The number of hydrogen-bond donors (Lipinski definition) is 1. The minimum Gasteiger partial charge on any atom is -0.497 e. The molecule has 0 aromatic heterocycles. The van der Waals surface area contributed by atoms with E-state index < -0.39 is 5.25 Å². The second-order valence-electron chi connectivity index (χ2n) is 8.38. The Morgan fingerprint density at radius 1 is 1.00 bits per heavy atom. The molecular formula is C28H28FN3O5S.